The monoisotopic (exact) mass is 105 g/mol. The molecule has 0 saturated carbocycles. The van der Waals surface area contributed by atoms with E-state index in [1.54, 1.807) is 0 Å². The lowest BCUT2D eigenvalue weighted by atomic mass is 10.4. The maximum atomic E-state index is 9.40. The molecule has 0 atom stereocenters. The highest BCUT2D eigenvalue weighted by molar-refractivity contribution is 4.59. The third-order valence-corrected chi connectivity index (χ3v) is 0.571. The smallest absolute Gasteiger partial charge is 0.138 e. The minimum atomic E-state index is -0.833. The SMILES string of the molecule is O=NC(CO)CO. The average Bonchev–Trinajstić information content (AvgIpc) is 1.72. The molecule has 0 aromatic heterocycles. The lowest BCUT2D eigenvalue weighted by molar-refractivity contribution is 0.194. The fourth-order valence-electron chi connectivity index (χ4n) is 0.124. The van der Waals surface area contributed by atoms with Crippen molar-refractivity contribution in [3.63, 3.8) is 0 Å². The van der Waals surface area contributed by atoms with Gasteiger partial charge in [0.2, 0.25) is 0 Å². The molecule has 0 aliphatic carbocycles. The van der Waals surface area contributed by atoms with Crippen LogP contribution >= 0.6 is 0 Å². The topological polar surface area (TPSA) is 69.9 Å². The van der Waals surface area contributed by atoms with Gasteiger partial charge in [0, 0.05) is 0 Å². The van der Waals surface area contributed by atoms with Crippen LogP contribution in [0.2, 0.25) is 0 Å². The summed E-state index contributed by atoms with van der Waals surface area (Å²) in [6, 6.07) is -0.833. The van der Waals surface area contributed by atoms with Crippen molar-refractivity contribution >= 4 is 0 Å². The normalized spacial score (nSPS) is 9.57. The Hall–Kier alpha value is -0.480. The molecule has 42 valence electrons. The van der Waals surface area contributed by atoms with Gasteiger partial charge in [0.1, 0.15) is 6.04 Å². The van der Waals surface area contributed by atoms with Gasteiger partial charge in [0.15, 0.2) is 0 Å². The van der Waals surface area contributed by atoms with Crippen LogP contribution in [0.5, 0.6) is 0 Å². The number of aliphatic hydroxyl groups is 2. The maximum Gasteiger partial charge on any atom is 0.138 e. The first-order valence-corrected chi connectivity index (χ1v) is 1.89. The maximum absolute atomic E-state index is 9.40. The zero-order valence-corrected chi connectivity index (χ0v) is 3.74. The van der Waals surface area contributed by atoms with E-state index >= 15 is 0 Å². The summed E-state index contributed by atoms with van der Waals surface area (Å²) in [5.74, 6) is 0. The fraction of sp³-hybridized carbons (Fsp3) is 1.00. The van der Waals surface area contributed by atoms with Crippen molar-refractivity contribution in [2.24, 2.45) is 5.18 Å². The Labute approximate surface area is 40.8 Å². The van der Waals surface area contributed by atoms with Crippen molar-refractivity contribution < 1.29 is 10.2 Å². The van der Waals surface area contributed by atoms with Gasteiger partial charge in [-0.15, -0.1) is 0 Å². The summed E-state index contributed by atoms with van der Waals surface area (Å²) in [5.41, 5.74) is 0. The van der Waals surface area contributed by atoms with E-state index in [0.29, 0.717) is 0 Å². The van der Waals surface area contributed by atoms with Crippen LogP contribution in [-0.2, 0) is 0 Å². The first-order valence-electron chi connectivity index (χ1n) is 1.89. The summed E-state index contributed by atoms with van der Waals surface area (Å²) in [4.78, 5) is 9.40. The molecule has 0 saturated heterocycles. The van der Waals surface area contributed by atoms with Gasteiger partial charge >= 0.3 is 0 Å². The van der Waals surface area contributed by atoms with Gasteiger partial charge in [-0.25, -0.2) is 0 Å². The molecule has 0 amide bonds. The van der Waals surface area contributed by atoms with E-state index in [-0.39, 0.29) is 13.2 Å². The van der Waals surface area contributed by atoms with Crippen LogP contribution in [0.1, 0.15) is 0 Å². The van der Waals surface area contributed by atoms with Crippen LogP contribution in [0.3, 0.4) is 0 Å². The second kappa shape index (κ2) is 3.70. The summed E-state index contributed by atoms with van der Waals surface area (Å²) in [7, 11) is 0. The van der Waals surface area contributed by atoms with Crippen LogP contribution < -0.4 is 0 Å². The number of hydrogen-bond acceptors (Lipinski definition) is 4. The largest absolute Gasteiger partial charge is 0.394 e. The van der Waals surface area contributed by atoms with Crippen LogP contribution in [0.4, 0.5) is 0 Å². The highest BCUT2D eigenvalue weighted by Gasteiger charge is 2.01. The van der Waals surface area contributed by atoms with E-state index in [9.17, 15) is 4.91 Å². The number of rotatable bonds is 3. The first-order chi connectivity index (χ1) is 3.35. The molecule has 0 unspecified atom stereocenters. The van der Waals surface area contributed by atoms with Crippen LogP contribution in [-0.4, -0.2) is 29.5 Å². The molecule has 0 aliphatic rings. The van der Waals surface area contributed by atoms with Crippen LogP contribution in [0.15, 0.2) is 5.18 Å². The summed E-state index contributed by atoms with van der Waals surface area (Å²) in [6.45, 7) is -0.750. The number of aliphatic hydroxyl groups excluding tert-OH is 2. The van der Waals surface area contributed by atoms with Crippen molar-refractivity contribution in [1.29, 1.82) is 0 Å². The van der Waals surface area contributed by atoms with Gasteiger partial charge in [-0.05, 0) is 0 Å². The van der Waals surface area contributed by atoms with Crippen LogP contribution in [0.25, 0.3) is 0 Å². The molecule has 4 nitrogen and oxygen atoms in total. The summed E-state index contributed by atoms with van der Waals surface area (Å²) in [6.07, 6.45) is 0. The van der Waals surface area contributed by atoms with Gasteiger partial charge in [-0.3, -0.25) is 0 Å². The fourth-order valence-corrected chi connectivity index (χ4v) is 0.124. The van der Waals surface area contributed by atoms with E-state index in [0.717, 1.165) is 0 Å². The molecule has 7 heavy (non-hydrogen) atoms. The van der Waals surface area contributed by atoms with E-state index in [1.165, 1.54) is 0 Å². The standard InChI is InChI=1S/C3H7NO3/c5-1-3(2-6)4-7/h3,5-6H,1-2H2. The minimum absolute atomic E-state index is 0.375. The van der Waals surface area contributed by atoms with Crippen molar-refractivity contribution in [1.82, 2.24) is 0 Å². The molecule has 0 aromatic carbocycles. The molecule has 0 aliphatic heterocycles. The Morgan fingerprint density at radius 1 is 1.43 bits per heavy atom. The Kier molecular flexibility index (Phi) is 3.45. The minimum Gasteiger partial charge on any atom is -0.394 e. The highest BCUT2D eigenvalue weighted by Crippen LogP contribution is 1.82. The van der Waals surface area contributed by atoms with Gasteiger partial charge < -0.3 is 10.2 Å². The predicted octanol–water partition coefficient (Wildman–Crippen LogP) is -0.894. The van der Waals surface area contributed by atoms with Crippen molar-refractivity contribution in [2.45, 2.75) is 6.04 Å². The third kappa shape index (κ3) is 2.24. The number of nitrogens with zero attached hydrogens (tertiary/aromatic N) is 1. The molecule has 0 fully saturated rings. The number of nitroso groups, excluding NO2 is 1. The molecular weight excluding hydrogens is 98.0 g/mol. The molecule has 4 heteroatoms. The van der Waals surface area contributed by atoms with Gasteiger partial charge in [-0.2, -0.15) is 4.91 Å². The molecule has 0 bridgehead atoms. The molecule has 0 heterocycles. The van der Waals surface area contributed by atoms with Gasteiger partial charge in [-0.1, -0.05) is 5.18 Å². The first kappa shape index (κ1) is 6.52. The zero-order valence-electron chi connectivity index (χ0n) is 3.74. The molecule has 0 rings (SSSR count). The quantitative estimate of drug-likeness (QED) is 0.457. The van der Waals surface area contributed by atoms with Gasteiger partial charge in [0.25, 0.3) is 0 Å². The van der Waals surface area contributed by atoms with E-state index in [2.05, 4.69) is 5.18 Å². The lowest BCUT2D eigenvalue weighted by Gasteiger charge is -1.94. The van der Waals surface area contributed by atoms with Crippen molar-refractivity contribution in [3.05, 3.63) is 4.91 Å². The van der Waals surface area contributed by atoms with E-state index < -0.39 is 6.04 Å². The van der Waals surface area contributed by atoms with E-state index in [4.69, 9.17) is 10.2 Å². The zero-order chi connectivity index (χ0) is 5.70. The second-order valence-electron chi connectivity index (χ2n) is 1.12. The molecule has 2 N–H and O–H groups in total. The number of hydrogen-bond donors (Lipinski definition) is 2. The molecule has 0 spiro atoms. The second-order valence-corrected chi connectivity index (χ2v) is 1.12. The molecular formula is C3H7NO3. The predicted molar refractivity (Wildman–Crippen MR) is 23.8 cm³/mol. The molecule has 0 radical (unpaired) electrons. The van der Waals surface area contributed by atoms with E-state index in [1.807, 2.05) is 0 Å². The molecule has 0 aromatic rings. The highest BCUT2D eigenvalue weighted by atomic mass is 16.3. The average molecular weight is 105 g/mol. The lowest BCUT2D eigenvalue weighted by Crippen LogP contribution is -2.13. The Morgan fingerprint density at radius 3 is 1.86 bits per heavy atom. The Morgan fingerprint density at radius 2 is 1.86 bits per heavy atom. The van der Waals surface area contributed by atoms with Crippen molar-refractivity contribution in [3.8, 4) is 0 Å². The van der Waals surface area contributed by atoms with Crippen LogP contribution in [0, 0.1) is 4.91 Å². The van der Waals surface area contributed by atoms with Gasteiger partial charge in [0.05, 0.1) is 13.2 Å². The Balaban J connectivity index is 3.16. The summed E-state index contributed by atoms with van der Waals surface area (Å²) in [5, 5.41) is 18.5. The van der Waals surface area contributed by atoms with Crippen molar-refractivity contribution in [2.75, 3.05) is 13.2 Å². The summed E-state index contributed by atoms with van der Waals surface area (Å²) < 4.78 is 0. The summed E-state index contributed by atoms with van der Waals surface area (Å²) >= 11 is 0. The third-order valence-electron chi connectivity index (χ3n) is 0.571. The Bertz CT molecular complexity index is 52.1.